The van der Waals surface area contributed by atoms with E-state index in [1.54, 1.807) is 4.90 Å². The van der Waals surface area contributed by atoms with E-state index >= 15 is 0 Å². The highest BCUT2D eigenvalue weighted by atomic mass is 16.5. The van der Waals surface area contributed by atoms with Crippen LogP contribution in [-0.2, 0) is 9.59 Å². The van der Waals surface area contributed by atoms with Crippen molar-refractivity contribution in [2.24, 2.45) is 11.8 Å². The van der Waals surface area contributed by atoms with Crippen molar-refractivity contribution in [3.63, 3.8) is 0 Å². The molecule has 0 saturated carbocycles. The molecule has 1 unspecified atom stereocenters. The zero-order valence-corrected chi connectivity index (χ0v) is 16.2. The van der Waals surface area contributed by atoms with Crippen LogP contribution in [0.4, 0.5) is 5.69 Å². The molecule has 5 heteroatoms. The van der Waals surface area contributed by atoms with E-state index in [1.807, 2.05) is 59.5 Å². The largest absolute Gasteiger partial charge is 0.457 e. The van der Waals surface area contributed by atoms with Crippen LogP contribution in [0.5, 0.6) is 11.5 Å². The zero-order valence-electron chi connectivity index (χ0n) is 16.2. The first-order valence-corrected chi connectivity index (χ1v) is 10.0. The highest BCUT2D eigenvalue weighted by Gasteiger charge is 2.37. The smallest absolute Gasteiger partial charge is 0.228 e. The van der Waals surface area contributed by atoms with Crippen molar-refractivity contribution < 1.29 is 14.3 Å². The lowest BCUT2D eigenvalue weighted by Crippen LogP contribution is -2.42. The van der Waals surface area contributed by atoms with Crippen molar-refractivity contribution >= 4 is 17.5 Å². The van der Waals surface area contributed by atoms with Gasteiger partial charge < -0.3 is 14.5 Å². The fourth-order valence-electron chi connectivity index (χ4n) is 3.93. The van der Waals surface area contributed by atoms with E-state index in [1.165, 1.54) is 0 Å². The summed E-state index contributed by atoms with van der Waals surface area (Å²) in [6.07, 6.45) is 2.41. The molecule has 2 aliphatic heterocycles. The van der Waals surface area contributed by atoms with Gasteiger partial charge in [0.05, 0.1) is 5.92 Å². The predicted molar refractivity (Wildman–Crippen MR) is 108 cm³/mol. The fraction of sp³-hybridized carbons (Fsp3) is 0.391. The number of amides is 2. The van der Waals surface area contributed by atoms with Crippen molar-refractivity contribution in [1.29, 1.82) is 0 Å². The van der Waals surface area contributed by atoms with Gasteiger partial charge in [0.15, 0.2) is 0 Å². The maximum absolute atomic E-state index is 12.8. The highest BCUT2D eigenvalue weighted by Crippen LogP contribution is 2.30. The quantitative estimate of drug-likeness (QED) is 0.805. The molecule has 2 aromatic rings. The Kier molecular flexibility index (Phi) is 5.33. The Morgan fingerprint density at radius 1 is 0.964 bits per heavy atom. The van der Waals surface area contributed by atoms with Crippen molar-refractivity contribution in [3.05, 3.63) is 54.6 Å². The molecule has 0 N–H and O–H groups in total. The molecule has 0 spiro atoms. The van der Waals surface area contributed by atoms with Crippen LogP contribution < -0.4 is 9.64 Å². The molecule has 0 aromatic heterocycles. The third-order valence-electron chi connectivity index (χ3n) is 5.70. The van der Waals surface area contributed by atoms with Crippen LogP contribution in [0.25, 0.3) is 0 Å². The summed E-state index contributed by atoms with van der Waals surface area (Å²) >= 11 is 0. The van der Waals surface area contributed by atoms with Crippen LogP contribution in [0, 0.1) is 11.8 Å². The van der Waals surface area contributed by atoms with Crippen molar-refractivity contribution in [2.45, 2.75) is 26.2 Å². The first-order chi connectivity index (χ1) is 13.6. The van der Waals surface area contributed by atoms with E-state index in [-0.39, 0.29) is 17.7 Å². The molecule has 0 bridgehead atoms. The third-order valence-corrected chi connectivity index (χ3v) is 5.70. The normalized spacial score (nSPS) is 20.5. The maximum atomic E-state index is 12.8. The molecule has 2 saturated heterocycles. The van der Waals surface area contributed by atoms with Gasteiger partial charge in [-0.1, -0.05) is 25.1 Å². The number of piperidine rings is 1. The molecule has 28 heavy (non-hydrogen) atoms. The van der Waals surface area contributed by atoms with Crippen molar-refractivity contribution in [2.75, 3.05) is 24.5 Å². The number of carbonyl (C=O) groups excluding carboxylic acids is 2. The topological polar surface area (TPSA) is 49.9 Å². The second kappa shape index (κ2) is 8.05. The summed E-state index contributed by atoms with van der Waals surface area (Å²) in [5.74, 6) is 2.08. The Morgan fingerprint density at radius 2 is 1.61 bits per heavy atom. The number of anilines is 1. The summed E-state index contributed by atoms with van der Waals surface area (Å²) in [4.78, 5) is 29.0. The van der Waals surface area contributed by atoms with E-state index in [0.717, 1.165) is 43.1 Å². The Morgan fingerprint density at radius 3 is 2.29 bits per heavy atom. The van der Waals surface area contributed by atoms with E-state index in [0.29, 0.717) is 18.9 Å². The van der Waals surface area contributed by atoms with Gasteiger partial charge in [-0.05, 0) is 55.2 Å². The lowest BCUT2D eigenvalue weighted by molar-refractivity contribution is -0.137. The summed E-state index contributed by atoms with van der Waals surface area (Å²) in [6, 6.07) is 17.1. The van der Waals surface area contributed by atoms with E-state index in [4.69, 9.17) is 4.74 Å². The first kappa shape index (κ1) is 18.5. The van der Waals surface area contributed by atoms with Crippen molar-refractivity contribution in [1.82, 2.24) is 4.90 Å². The lowest BCUT2D eigenvalue weighted by Gasteiger charge is -2.32. The molecule has 2 fully saturated rings. The number of para-hydroxylation sites is 1. The highest BCUT2D eigenvalue weighted by molar-refractivity contribution is 6.00. The third kappa shape index (κ3) is 4.03. The van der Waals surface area contributed by atoms with E-state index < -0.39 is 0 Å². The average Bonchev–Trinajstić information content (AvgIpc) is 3.11. The van der Waals surface area contributed by atoms with Gasteiger partial charge in [0, 0.05) is 31.7 Å². The number of rotatable bonds is 4. The lowest BCUT2D eigenvalue weighted by atomic mass is 9.97. The number of nitrogens with zero attached hydrogens (tertiary/aromatic N) is 2. The number of likely N-dealkylation sites (tertiary alicyclic amines) is 1. The van der Waals surface area contributed by atoms with Gasteiger partial charge in [-0.2, -0.15) is 0 Å². The van der Waals surface area contributed by atoms with Crippen LogP contribution in [0.15, 0.2) is 54.6 Å². The van der Waals surface area contributed by atoms with Gasteiger partial charge >= 0.3 is 0 Å². The molecule has 0 aliphatic carbocycles. The van der Waals surface area contributed by atoms with E-state index in [9.17, 15) is 9.59 Å². The molecule has 5 nitrogen and oxygen atoms in total. The molecule has 2 aliphatic rings. The van der Waals surface area contributed by atoms with Crippen LogP contribution in [0.1, 0.15) is 26.2 Å². The number of benzene rings is 2. The van der Waals surface area contributed by atoms with Crippen LogP contribution in [0.2, 0.25) is 0 Å². The monoisotopic (exact) mass is 378 g/mol. The second-order valence-electron chi connectivity index (χ2n) is 7.82. The summed E-state index contributed by atoms with van der Waals surface area (Å²) in [5, 5.41) is 0. The number of carbonyl (C=O) groups is 2. The Hall–Kier alpha value is -2.82. The molecule has 146 valence electrons. The Balaban J connectivity index is 1.39. The predicted octanol–water partition coefficient (Wildman–Crippen LogP) is 4.09. The van der Waals surface area contributed by atoms with E-state index in [2.05, 4.69) is 6.92 Å². The average molecular weight is 378 g/mol. The van der Waals surface area contributed by atoms with Gasteiger partial charge in [0.25, 0.3) is 0 Å². The summed E-state index contributed by atoms with van der Waals surface area (Å²) in [5.41, 5.74) is 0.813. The van der Waals surface area contributed by atoms with Gasteiger partial charge in [0.2, 0.25) is 11.8 Å². The Labute approximate surface area is 165 Å². The maximum Gasteiger partial charge on any atom is 0.228 e. The molecule has 4 rings (SSSR count). The zero-order chi connectivity index (χ0) is 19.5. The van der Waals surface area contributed by atoms with Crippen molar-refractivity contribution in [3.8, 4) is 11.5 Å². The molecular formula is C23H26N2O3. The second-order valence-corrected chi connectivity index (χ2v) is 7.82. The van der Waals surface area contributed by atoms with Gasteiger partial charge in [-0.15, -0.1) is 0 Å². The molecular weight excluding hydrogens is 352 g/mol. The SMILES string of the molecule is CC1CCN(C(=O)C2CC(=O)N(c3ccc(Oc4ccccc4)cc3)C2)CC1. The number of hydrogen-bond donors (Lipinski definition) is 0. The minimum atomic E-state index is -0.235. The minimum Gasteiger partial charge on any atom is -0.457 e. The van der Waals surface area contributed by atoms with Gasteiger partial charge in [-0.25, -0.2) is 0 Å². The number of hydrogen-bond acceptors (Lipinski definition) is 3. The Bertz CT molecular complexity index is 827. The minimum absolute atomic E-state index is 0.0143. The van der Waals surface area contributed by atoms with Crippen LogP contribution in [-0.4, -0.2) is 36.3 Å². The molecule has 2 amide bonds. The van der Waals surface area contributed by atoms with Crippen LogP contribution >= 0.6 is 0 Å². The molecule has 2 heterocycles. The summed E-state index contributed by atoms with van der Waals surface area (Å²) in [7, 11) is 0. The van der Waals surface area contributed by atoms with Gasteiger partial charge in [-0.3, -0.25) is 9.59 Å². The number of ether oxygens (including phenoxy) is 1. The van der Waals surface area contributed by atoms with Gasteiger partial charge in [0.1, 0.15) is 11.5 Å². The summed E-state index contributed by atoms with van der Waals surface area (Å²) in [6.45, 7) is 4.32. The summed E-state index contributed by atoms with van der Waals surface area (Å²) < 4.78 is 5.81. The molecule has 0 radical (unpaired) electrons. The molecule has 1 atom stereocenters. The fourth-order valence-corrected chi connectivity index (χ4v) is 3.93. The first-order valence-electron chi connectivity index (χ1n) is 10.0. The molecule has 2 aromatic carbocycles. The van der Waals surface area contributed by atoms with Crippen LogP contribution in [0.3, 0.4) is 0 Å². The standard InChI is InChI=1S/C23H26N2O3/c1-17-11-13-24(14-12-17)23(27)18-15-22(26)25(16-18)19-7-9-21(10-8-19)28-20-5-3-2-4-6-20/h2-10,17-18H,11-16H2,1H3.